The van der Waals surface area contributed by atoms with E-state index in [-0.39, 0.29) is 11.3 Å². The molecule has 0 saturated heterocycles. The second kappa shape index (κ2) is 3.06. The Morgan fingerprint density at radius 2 is 2.00 bits per heavy atom. The van der Waals surface area contributed by atoms with E-state index in [1.165, 1.54) is 19.9 Å². The Kier molecular flexibility index (Phi) is 2.38. The molecule has 13 heavy (non-hydrogen) atoms. The van der Waals surface area contributed by atoms with Gasteiger partial charge in [0.25, 0.3) is 0 Å². The lowest BCUT2D eigenvalue weighted by Crippen LogP contribution is -2.12. The monoisotopic (exact) mass is 193 g/mol. The minimum atomic E-state index is -4.46. The van der Waals surface area contributed by atoms with Crippen LogP contribution in [0.1, 0.15) is 30.0 Å². The van der Waals surface area contributed by atoms with Gasteiger partial charge in [0.1, 0.15) is 5.76 Å². The zero-order valence-corrected chi connectivity index (χ0v) is 7.27. The molecule has 74 valence electrons. The molecule has 1 atom stereocenters. The highest BCUT2D eigenvalue weighted by atomic mass is 19.4. The molecule has 0 spiro atoms. The molecule has 0 amide bonds. The molecular weight excluding hydrogens is 183 g/mol. The molecule has 0 fully saturated rings. The van der Waals surface area contributed by atoms with Gasteiger partial charge in [0.15, 0.2) is 0 Å². The van der Waals surface area contributed by atoms with Crippen LogP contribution in [0.25, 0.3) is 0 Å². The van der Waals surface area contributed by atoms with Gasteiger partial charge < -0.3 is 10.2 Å². The maximum atomic E-state index is 12.3. The molecule has 0 bridgehead atoms. The van der Waals surface area contributed by atoms with Gasteiger partial charge >= 0.3 is 6.18 Å². The van der Waals surface area contributed by atoms with Crippen molar-refractivity contribution in [1.82, 2.24) is 0 Å². The topological polar surface area (TPSA) is 39.2 Å². The Morgan fingerprint density at radius 1 is 1.46 bits per heavy atom. The van der Waals surface area contributed by atoms with Gasteiger partial charge in [0.05, 0.1) is 0 Å². The summed E-state index contributed by atoms with van der Waals surface area (Å²) >= 11 is 0. The van der Waals surface area contributed by atoms with E-state index >= 15 is 0 Å². The van der Waals surface area contributed by atoms with Gasteiger partial charge in [0, 0.05) is 11.6 Å². The first-order valence-corrected chi connectivity index (χ1v) is 3.75. The van der Waals surface area contributed by atoms with E-state index in [0.29, 0.717) is 0 Å². The smallest absolute Gasteiger partial charge is 0.449 e. The number of nitrogens with two attached hydrogens (primary N) is 1. The van der Waals surface area contributed by atoms with Crippen molar-refractivity contribution in [2.24, 2.45) is 5.73 Å². The summed E-state index contributed by atoms with van der Waals surface area (Å²) in [6.07, 6.45) is -4.46. The highest BCUT2D eigenvalue weighted by Gasteiger charge is 2.38. The van der Waals surface area contributed by atoms with Crippen LogP contribution < -0.4 is 5.73 Å². The highest BCUT2D eigenvalue weighted by molar-refractivity contribution is 5.26. The molecule has 0 aliphatic rings. The summed E-state index contributed by atoms with van der Waals surface area (Å²) in [6, 6.07) is 0.641. The van der Waals surface area contributed by atoms with E-state index in [4.69, 9.17) is 5.73 Å². The minimum absolute atomic E-state index is 0.00463. The summed E-state index contributed by atoms with van der Waals surface area (Å²) in [5, 5.41) is 0. The fourth-order valence-corrected chi connectivity index (χ4v) is 1.09. The van der Waals surface area contributed by atoms with Crippen LogP contribution in [0.4, 0.5) is 13.2 Å². The van der Waals surface area contributed by atoms with E-state index in [0.717, 1.165) is 0 Å². The fraction of sp³-hybridized carbons (Fsp3) is 0.500. The van der Waals surface area contributed by atoms with E-state index in [9.17, 15) is 13.2 Å². The van der Waals surface area contributed by atoms with Crippen molar-refractivity contribution in [2.45, 2.75) is 26.1 Å². The minimum Gasteiger partial charge on any atom is -0.456 e. The molecular formula is C8H10F3NO. The largest absolute Gasteiger partial charge is 0.456 e. The number of furan rings is 1. The van der Waals surface area contributed by atoms with Gasteiger partial charge in [-0.2, -0.15) is 13.2 Å². The number of halogens is 3. The second-order valence-corrected chi connectivity index (χ2v) is 2.93. The molecule has 1 aromatic rings. The molecule has 0 aromatic carbocycles. The van der Waals surface area contributed by atoms with Crippen molar-refractivity contribution in [3.63, 3.8) is 0 Å². The first-order valence-electron chi connectivity index (χ1n) is 3.75. The summed E-state index contributed by atoms with van der Waals surface area (Å²) in [5.41, 5.74) is 5.37. The summed E-state index contributed by atoms with van der Waals surface area (Å²) in [7, 11) is 0. The normalized spacial score (nSPS) is 14.6. The lowest BCUT2D eigenvalue weighted by Gasteiger charge is -2.07. The van der Waals surface area contributed by atoms with Gasteiger partial charge in [-0.25, -0.2) is 0 Å². The number of hydrogen-bond acceptors (Lipinski definition) is 2. The van der Waals surface area contributed by atoms with Crippen LogP contribution in [0, 0.1) is 6.92 Å². The molecule has 2 N–H and O–H groups in total. The average Bonchev–Trinajstić information content (AvgIpc) is 2.29. The summed E-state index contributed by atoms with van der Waals surface area (Å²) < 4.78 is 41.4. The van der Waals surface area contributed by atoms with Crippen LogP contribution in [-0.4, -0.2) is 0 Å². The van der Waals surface area contributed by atoms with Crippen LogP contribution in [0.5, 0.6) is 0 Å². The van der Waals surface area contributed by atoms with Crippen LogP contribution >= 0.6 is 0 Å². The molecule has 0 aliphatic heterocycles. The number of alkyl halides is 3. The first-order chi connectivity index (χ1) is 5.82. The third-order valence-electron chi connectivity index (χ3n) is 1.63. The molecule has 5 heteroatoms. The molecule has 1 aromatic heterocycles. The summed E-state index contributed by atoms with van der Waals surface area (Å²) in [4.78, 5) is 0. The standard InChI is InChI=1S/C8H10F3NO/c1-4-3-6(5(2)12)7(13-4)8(9,10)11/h3,5H,12H2,1-2H3/t5-/m1/s1. The maximum absolute atomic E-state index is 12.3. The van der Waals surface area contributed by atoms with Crippen LogP contribution in [0.2, 0.25) is 0 Å². The molecule has 0 radical (unpaired) electrons. The Balaban J connectivity index is 3.20. The third kappa shape index (κ3) is 2.03. The van der Waals surface area contributed by atoms with Crippen LogP contribution in [0.3, 0.4) is 0 Å². The molecule has 1 rings (SSSR count). The Bertz CT molecular complexity index is 301. The predicted octanol–water partition coefficient (Wildman–Crippen LogP) is 2.63. The predicted molar refractivity (Wildman–Crippen MR) is 41.0 cm³/mol. The number of hydrogen-bond donors (Lipinski definition) is 1. The van der Waals surface area contributed by atoms with E-state index in [1.807, 2.05) is 0 Å². The average molecular weight is 193 g/mol. The maximum Gasteiger partial charge on any atom is 0.449 e. The molecule has 0 aliphatic carbocycles. The van der Waals surface area contributed by atoms with Crippen molar-refractivity contribution in [1.29, 1.82) is 0 Å². The first kappa shape index (κ1) is 10.1. The lowest BCUT2D eigenvalue weighted by atomic mass is 10.1. The van der Waals surface area contributed by atoms with Crippen LogP contribution in [0.15, 0.2) is 10.5 Å². The molecule has 2 nitrogen and oxygen atoms in total. The van der Waals surface area contributed by atoms with Crippen molar-refractivity contribution in [3.8, 4) is 0 Å². The zero-order valence-electron chi connectivity index (χ0n) is 7.27. The number of rotatable bonds is 1. The molecule has 0 unspecified atom stereocenters. The van der Waals surface area contributed by atoms with Crippen molar-refractivity contribution in [3.05, 3.63) is 23.2 Å². The second-order valence-electron chi connectivity index (χ2n) is 2.93. The van der Waals surface area contributed by atoms with E-state index in [1.54, 1.807) is 0 Å². The van der Waals surface area contributed by atoms with Gasteiger partial charge in [-0.15, -0.1) is 0 Å². The lowest BCUT2D eigenvalue weighted by molar-refractivity contribution is -0.154. The van der Waals surface area contributed by atoms with Crippen LogP contribution in [-0.2, 0) is 6.18 Å². The van der Waals surface area contributed by atoms with Crippen molar-refractivity contribution >= 4 is 0 Å². The third-order valence-corrected chi connectivity index (χ3v) is 1.63. The van der Waals surface area contributed by atoms with E-state index in [2.05, 4.69) is 4.42 Å². The van der Waals surface area contributed by atoms with Gasteiger partial charge in [-0.3, -0.25) is 0 Å². The van der Waals surface area contributed by atoms with Crippen molar-refractivity contribution in [2.75, 3.05) is 0 Å². The zero-order chi connectivity index (χ0) is 10.2. The SMILES string of the molecule is Cc1cc([C@@H](C)N)c(C(F)(F)F)o1. The van der Waals surface area contributed by atoms with E-state index < -0.39 is 18.0 Å². The number of aryl methyl sites for hydroxylation is 1. The van der Waals surface area contributed by atoms with Crippen molar-refractivity contribution < 1.29 is 17.6 Å². The quantitative estimate of drug-likeness (QED) is 0.744. The Hall–Kier alpha value is -0.970. The molecule has 1 heterocycles. The Labute approximate surface area is 73.5 Å². The Morgan fingerprint density at radius 3 is 2.31 bits per heavy atom. The summed E-state index contributed by atoms with van der Waals surface area (Å²) in [5.74, 6) is -0.764. The summed E-state index contributed by atoms with van der Waals surface area (Å²) in [6.45, 7) is 2.95. The molecule has 0 saturated carbocycles. The fourth-order valence-electron chi connectivity index (χ4n) is 1.09. The van der Waals surface area contributed by atoms with Gasteiger partial charge in [-0.1, -0.05) is 0 Å². The highest BCUT2D eigenvalue weighted by Crippen LogP contribution is 2.35. The van der Waals surface area contributed by atoms with Gasteiger partial charge in [0.2, 0.25) is 5.76 Å². The van der Waals surface area contributed by atoms with Gasteiger partial charge in [-0.05, 0) is 19.9 Å².